The Balaban J connectivity index is 2.02. The molecule has 0 atom stereocenters. The van der Waals surface area contributed by atoms with E-state index in [-0.39, 0.29) is 0 Å². The lowest BCUT2D eigenvalue weighted by Gasteiger charge is -2.11. The lowest BCUT2D eigenvalue weighted by atomic mass is 10.1. The number of hydrogen-bond donors (Lipinski definition) is 1. The standard InChI is InChI=1S/C16H20N2O/c1-12(2)11-19-9-8-17-16-10-13(3)18-15-7-5-4-6-14(15)16/h4-7,10H,1,8-9,11H2,2-3H3,(H,17,18). The molecule has 0 spiro atoms. The van der Waals surface area contributed by atoms with Crippen LogP contribution in [0, 0.1) is 6.92 Å². The number of rotatable bonds is 6. The molecule has 1 N–H and O–H groups in total. The number of benzene rings is 1. The van der Waals surface area contributed by atoms with E-state index >= 15 is 0 Å². The summed E-state index contributed by atoms with van der Waals surface area (Å²) in [4.78, 5) is 4.52. The van der Waals surface area contributed by atoms with Crippen molar-refractivity contribution in [1.29, 1.82) is 0 Å². The quantitative estimate of drug-likeness (QED) is 0.634. The number of fused-ring (bicyclic) bond motifs is 1. The third kappa shape index (κ3) is 3.80. The molecule has 0 aliphatic carbocycles. The third-order valence-electron chi connectivity index (χ3n) is 2.75. The van der Waals surface area contributed by atoms with E-state index in [0.717, 1.165) is 34.4 Å². The average Bonchev–Trinajstić information content (AvgIpc) is 2.37. The van der Waals surface area contributed by atoms with Crippen molar-refractivity contribution in [2.24, 2.45) is 0 Å². The molecule has 0 aliphatic rings. The van der Waals surface area contributed by atoms with Crippen LogP contribution in [0.3, 0.4) is 0 Å². The Morgan fingerprint density at radius 3 is 2.95 bits per heavy atom. The molecule has 1 aromatic heterocycles. The zero-order valence-electron chi connectivity index (χ0n) is 11.6. The predicted octanol–water partition coefficient (Wildman–Crippen LogP) is 3.55. The van der Waals surface area contributed by atoms with Gasteiger partial charge in [0.1, 0.15) is 0 Å². The summed E-state index contributed by atoms with van der Waals surface area (Å²) in [6.45, 7) is 9.85. The molecule has 1 heterocycles. The van der Waals surface area contributed by atoms with Gasteiger partial charge in [-0.05, 0) is 26.0 Å². The van der Waals surface area contributed by atoms with E-state index in [9.17, 15) is 0 Å². The van der Waals surface area contributed by atoms with Crippen molar-refractivity contribution in [2.45, 2.75) is 13.8 Å². The second-order valence-corrected chi connectivity index (χ2v) is 4.76. The van der Waals surface area contributed by atoms with Crippen LogP contribution in [0.25, 0.3) is 10.9 Å². The van der Waals surface area contributed by atoms with Crippen LogP contribution in [0.2, 0.25) is 0 Å². The molecule has 0 saturated heterocycles. The van der Waals surface area contributed by atoms with E-state index in [4.69, 9.17) is 4.74 Å². The lowest BCUT2D eigenvalue weighted by Crippen LogP contribution is -2.10. The van der Waals surface area contributed by atoms with Gasteiger partial charge < -0.3 is 10.1 Å². The zero-order valence-corrected chi connectivity index (χ0v) is 11.6. The molecule has 0 aliphatic heterocycles. The molecule has 0 bridgehead atoms. The Morgan fingerprint density at radius 1 is 1.37 bits per heavy atom. The molecule has 2 rings (SSSR count). The highest BCUT2D eigenvalue weighted by Gasteiger charge is 2.02. The molecule has 0 radical (unpaired) electrons. The number of aryl methyl sites for hydroxylation is 1. The van der Waals surface area contributed by atoms with Crippen LogP contribution < -0.4 is 5.32 Å². The maximum atomic E-state index is 5.48. The first kappa shape index (κ1) is 13.6. The van der Waals surface area contributed by atoms with Gasteiger partial charge >= 0.3 is 0 Å². The minimum atomic E-state index is 0.623. The van der Waals surface area contributed by atoms with E-state index in [0.29, 0.717) is 13.2 Å². The van der Waals surface area contributed by atoms with Crippen LogP contribution in [0.15, 0.2) is 42.5 Å². The van der Waals surface area contributed by atoms with Crippen LogP contribution in [-0.4, -0.2) is 24.7 Å². The Morgan fingerprint density at radius 2 is 2.16 bits per heavy atom. The molecular weight excluding hydrogens is 236 g/mol. The maximum Gasteiger partial charge on any atom is 0.0725 e. The molecular formula is C16H20N2O. The molecule has 100 valence electrons. The summed E-state index contributed by atoms with van der Waals surface area (Å²) >= 11 is 0. The lowest BCUT2D eigenvalue weighted by molar-refractivity contribution is 0.167. The van der Waals surface area contributed by atoms with Crippen molar-refractivity contribution in [2.75, 3.05) is 25.1 Å². The van der Waals surface area contributed by atoms with Gasteiger partial charge in [-0.3, -0.25) is 4.98 Å². The smallest absolute Gasteiger partial charge is 0.0725 e. The number of pyridine rings is 1. The molecule has 19 heavy (non-hydrogen) atoms. The minimum Gasteiger partial charge on any atom is -0.382 e. The van der Waals surface area contributed by atoms with Crippen LogP contribution in [0.5, 0.6) is 0 Å². The molecule has 0 fully saturated rings. The van der Waals surface area contributed by atoms with Gasteiger partial charge in [-0.2, -0.15) is 0 Å². The van der Waals surface area contributed by atoms with E-state index in [2.05, 4.69) is 29.0 Å². The summed E-state index contributed by atoms with van der Waals surface area (Å²) in [7, 11) is 0. The molecule has 0 unspecified atom stereocenters. The van der Waals surface area contributed by atoms with Crippen LogP contribution in [0.1, 0.15) is 12.6 Å². The van der Waals surface area contributed by atoms with E-state index in [1.165, 1.54) is 0 Å². The van der Waals surface area contributed by atoms with Crippen LogP contribution >= 0.6 is 0 Å². The largest absolute Gasteiger partial charge is 0.382 e. The summed E-state index contributed by atoms with van der Waals surface area (Å²) in [6, 6.07) is 10.2. The normalized spacial score (nSPS) is 10.6. The van der Waals surface area contributed by atoms with Crippen molar-refractivity contribution < 1.29 is 4.74 Å². The van der Waals surface area contributed by atoms with Gasteiger partial charge in [0.05, 0.1) is 18.7 Å². The second-order valence-electron chi connectivity index (χ2n) is 4.76. The highest BCUT2D eigenvalue weighted by atomic mass is 16.5. The number of anilines is 1. The number of nitrogens with one attached hydrogen (secondary N) is 1. The summed E-state index contributed by atoms with van der Waals surface area (Å²) in [5.74, 6) is 0. The fourth-order valence-electron chi connectivity index (χ4n) is 1.96. The second kappa shape index (κ2) is 6.34. The first-order chi connectivity index (χ1) is 9.16. The average molecular weight is 256 g/mol. The Kier molecular flexibility index (Phi) is 4.53. The summed E-state index contributed by atoms with van der Waals surface area (Å²) in [5, 5.41) is 4.55. The molecule has 0 amide bonds. The van der Waals surface area contributed by atoms with Crippen LogP contribution in [-0.2, 0) is 4.74 Å². The Hall–Kier alpha value is -1.87. The highest BCUT2D eigenvalue weighted by Crippen LogP contribution is 2.22. The van der Waals surface area contributed by atoms with E-state index in [1.807, 2.05) is 32.0 Å². The van der Waals surface area contributed by atoms with Gasteiger partial charge in [-0.1, -0.05) is 30.4 Å². The van der Waals surface area contributed by atoms with Gasteiger partial charge in [0, 0.05) is 23.3 Å². The van der Waals surface area contributed by atoms with Gasteiger partial charge in [-0.15, -0.1) is 0 Å². The van der Waals surface area contributed by atoms with E-state index < -0.39 is 0 Å². The monoisotopic (exact) mass is 256 g/mol. The van der Waals surface area contributed by atoms with Gasteiger partial charge in [-0.25, -0.2) is 0 Å². The van der Waals surface area contributed by atoms with Gasteiger partial charge in [0.25, 0.3) is 0 Å². The number of hydrogen-bond acceptors (Lipinski definition) is 3. The Bertz CT molecular complexity index is 578. The number of para-hydroxylation sites is 1. The number of ether oxygens (including phenoxy) is 1. The van der Waals surface area contributed by atoms with E-state index in [1.54, 1.807) is 0 Å². The first-order valence-corrected chi connectivity index (χ1v) is 6.49. The maximum absolute atomic E-state index is 5.48. The molecule has 1 aromatic carbocycles. The van der Waals surface area contributed by atoms with Crippen molar-refractivity contribution in [3.05, 3.63) is 48.2 Å². The van der Waals surface area contributed by atoms with Crippen molar-refractivity contribution >= 4 is 16.6 Å². The summed E-state index contributed by atoms with van der Waals surface area (Å²) in [6.07, 6.45) is 0. The highest BCUT2D eigenvalue weighted by molar-refractivity contribution is 5.91. The van der Waals surface area contributed by atoms with Crippen LogP contribution in [0.4, 0.5) is 5.69 Å². The predicted molar refractivity (Wildman–Crippen MR) is 80.6 cm³/mol. The zero-order chi connectivity index (χ0) is 13.7. The number of nitrogens with zero attached hydrogens (tertiary/aromatic N) is 1. The molecule has 2 aromatic rings. The first-order valence-electron chi connectivity index (χ1n) is 6.49. The third-order valence-corrected chi connectivity index (χ3v) is 2.75. The molecule has 0 saturated carbocycles. The number of aromatic nitrogens is 1. The SMILES string of the molecule is C=C(C)COCCNc1cc(C)nc2ccccc12. The topological polar surface area (TPSA) is 34.1 Å². The summed E-state index contributed by atoms with van der Waals surface area (Å²) < 4.78 is 5.48. The minimum absolute atomic E-state index is 0.623. The molecule has 3 nitrogen and oxygen atoms in total. The van der Waals surface area contributed by atoms with Gasteiger partial charge in [0.2, 0.25) is 0 Å². The Labute approximate surface area is 114 Å². The van der Waals surface area contributed by atoms with Gasteiger partial charge in [0.15, 0.2) is 0 Å². The van der Waals surface area contributed by atoms with Crippen molar-refractivity contribution in [3.8, 4) is 0 Å². The van der Waals surface area contributed by atoms with Crippen molar-refractivity contribution in [1.82, 2.24) is 4.98 Å². The fourth-order valence-corrected chi connectivity index (χ4v) is 1.96. The fraction of sp³-hybridized carbons (Fsp3) is 0.312. The van der Waals surface area contributed by atoms with Crippen molar-refractivity contribution in [3.63, 3.8) is 0 Å². The summed E-state index contributed by atoms with van der Waals surface area (Å²) in [5.41, 5.74) is 4.20. The molecule has 3 heteroatoms.